The smallest absolute Gasteiger partial charge is 0.215 e. The first-order valence-corrected chi connectivity index (χ1v) is 7.14. The molecule has 0 atom stereocenters. The molecule has 0 unspecified atom stereocenters. The Morgan fingerprint density at radius 1 is 1.12 bits per heavy atom. The minimum atomic E-state index is -0.0962. The summed E-state index contributed by atoms with van der Waals surface area (Å²) < 4.78 is 1.47. The third-order valence-corrected chi connectivity index (χ3v) is 3.72. The van der Waals surface area contributed by atoms with Crippen molar-refractivity contribution >= 4 is 31.9 Å². The highest BCUT2D eigenvalue weighted by atomic mass is 79.9. The van der Waals surface area contributed by atoms with Crippen molar-refractivity contribution in [2.24, 2.45) is 0 Å². The number of hydrogen-bond acceptors (Lipinski definition) is 0. The molecule has 0 saturated heterocycles. The summed E-state index contributed by atoms with van der Waals surface area (Å²) in [6, 6.07) is 10.5. The van der Waals surface area contributed by atoms with E-state index < -0.39 is 0 Å². The number of hydrogen-bond donors (Lipinski definition) is 0. The lowest BCUT2D eigenvalue weighted by Crippen LogP contribution is -2.05. The number of benzene rings is 1. The fraction of sp³-hybridized carbons (Fsp3) is 0. The predicted molar refractivity (Wildman–Crippen MR) is 42.2 cm³/mol. The van der Waals surface area contributed by atoms with Gasteiger partial charge in [-0.3, -0.25) is 0 Å². The molecule has 0 radical (unpaired) electrons. The van der Waals surface area contributed by atoms with Gasteiger partial charge in [-0.1, -0.05) is 34.8 Å². The Labute approximate surface area is 62.3 Å². The largest absolute Gasteiger partial charge is 0.380 e. The molecule has 0 aliphatic heterocycles. The molecular weight excluding hydrogens is 179 g/mol. The number of halogens is 1. The van der Waals surface area contributed by atoms with Crippen molar-refractivity contribution in [3.8, 4) is 0 Å². The van der Waals surface area contributed by atoms with Crippen LogP contribution in [0.1, 0.15) is 0 Å². The maximum Gasteiger partial charge on any atom is 0.380 e. The molecule has 0 bridgehead atoms. The minimum Gasteiger partial charge on any atom is -0.215 e. The quantitative estimate of drug-likeness (QED) is 0.573. The lowest BCUT2D eigenvalue weighted by Gasteiger charge is -1.86. The van der Waals surface area contributed by atoms with Gasteiger partial charge in [0.05, 0.1) is 0 Å². The van der Waals surface area contributed by atoms with Crippen LogP contribution in [0.3, 0.4) is 0 Å². The average molecular weight is 185 g/mol. The van der Waals surface area contributed by atoms with E-state index in [0.717, 1.165) is 0 Å². The van der Waals surface area contributed by atoms with Gasteiger partial charge in [0.2, 0.25) is 0 Å². The normalized spacial score (nSPS) is 8.62. The Hall–Kier alpha value is 0.232. The second-order valence-electron chi connectivity index (χ2n) is 1.62. The van der Waals surface area contributed by atoms with E-state index in [1.807, 2.05) is 6.07 Å². The summed E-state index contributed by atoms with van der Waals surface area (Å²) in [4.78, 5) is 0. The molecule has 0 aliphatic carbocycles. The molecule has 0 N–H and O–H groups in total. The van der Waals surface area contributed by atoms with Crippen molar-refractivity contribution in [2.45, 2.75) is 0 Å². The van der Waals surface area contributed by atoms with Crippen LogP contribution in [0.25, 0.3) is 0 Å². The van der Waals surface area contributed by atoms with Gasteiger partial charge >= 0.3 is 13.4 Å². The van der Waals surface area contributed by atoms with Crippen molar-refractivity contribution in [1.82, 2.24) is 0 Å². The van der Waals surface area contributed by atoms with Gasteiger partial charge in [0.25, 0.3) is 0 Å². The van der Waals surface area contributed by atoms with Crippen molar-refractivity contribution in [3.05, 3.63) is 30.3 Å². The summed E-state index contributed by atoms with van der Waals surface area (Å²) in [6.07, 6.45) is 0. The first kappa shape index (κ1) is 6.35. The third kappa shape index (κ3) is 1.63. The van der Waals surface area contributed by atoms with Gasteiger partial charge in [-0.25, -0.2) is 14.1 Å². The summed E-state index contributed by atoms with van der Waals surface area (Å²) in [5.41, 5.74) is 0. The van der Waals surface area contributed by atoms with Crippen LogP contribution in [0.2, 0.25) is 0 Å². The maximum absolute atomic E-state index is 3.50. The third-order valence-electron chi connectivity index (χ3n) is 0.997. The van der Waals surface area contributed by atoms with E-state index in [0.29, 0.717) is 0 Å². The molecule has 1 aromatic carbocycles. The van der Waals surface area contributed by atoms with Gasteiger partial charge in [-0.15, -0.1) is 0 Å². The lowest BCUT2D eigenvalue weighted by atomic mass is 10.4. The van der Waals surface area contributed by atoms with Gasteiger partial charge in [0.15, 0.2) is 0 Å². The zero-order valence-corrected chi connectivity index (χ0v) is 7.47. The van der Waals surface area contributed by atoms with Crippen LogP contribution in [0.4, 0.5) is 0 Å². The summed E-state index contributed by atoms with van der Waals surface area (Å²) in [6.45, 7) is 0. The Bertz CT molecular complexity index is 150. The topological polar surface area (TPSA) is 0 Å². The maximum atomic E-state index is 3.50. The summed E-state index contributed by atoms with van der Waals surface area (Å²) in [7, 11) is 0. The molecule has 1 aromatic rings. The minimum absolute atomic E-state index is 0.0962. The molecular formula is C6H6AlBr. The molecule has 1 rings (SSSR count). The molecule has 0 spiro atoms. The lowest BCUT2D eigenvalue weighted by molar-refractivity contribution is 1.77. The van der Waals surface area contributed by atoms with E-state index in [1.165, 1.54) is 4.43 Å². The molecule has 0 aromatic heterocycles. The first-order chi connectivity index (χ1) is 3.93. The van der Waals surface area contributed by atoms with Crippen LogP contribution in [0.5, 0.6) is 0 Å². The van der Waals surface area contributed by atoms with Crippen LogP contribution >= 0.6 is 14.1 Å². The van der Waals surface area contributed by atoms with Crippen LogP contribution in [-0.2, 0) is 0 Å². The van der Waals surface area contributed by atoms with Gasteiger partial charge in [-0.2, -0.15) is 0 Å². The van der Waals surface area contributed by atoms with Gasteiger partial charge in [0.1, 0.15) is 0 Å². The van der Waals surface area contributed by atoms with Crippen molar-refractivity contribution in [2.75, 3.05) is 0 Å². The Balaban J connectivity index is 2.83. The number of rotatable bonds is 1. The predicted octanol–water partition coefficient (Wildman–Crippen LogP) is 1.06. The van der Waals surface area contributed by atoms with E-state index in [1.54, 1.807) is 0 Å². The first-order valence-electron chi connectivity index (χ1n) is 2.53. The molecule has 40 valence electrons. The van der Waals surface area contributed by atoms with Crippen molar-refractivity contribution in [1.29, 1.82) is 0 Å². The van der Waals surface area contributed by atoms with Crippen molar-refractivity contribution in [3.63, 3.8) is 0 Å². The summed E-state index contributed by atoms with van der Waals surface area (Å²) >= 11 is 3.40. The average Bonchev–Trinajstić information content (AvgIpc) is 1.90. The molecule has 0 fully saturated rings. The Morgan fingerprint density at radius 2 is 1.75 bits per heavy atom. The van der Waals surface area contributed by atoms with E-state index in [4.69, 9.17) is 0 Å². The van der Waals surface area contributed by atoms with E-state index in [2.05, 4.69) is 38.3 Å². The summed E-state index contributed by atoms with van der Waals surface area (Å²) in [5, 5.41) is 0. The SMILES string of the molecule is [Br][AlH][c]1ccccc1. The van der Waals surface area contributed by atoms with Crippen LogP contribution < -0.4 is 4.43 Å². The fourth-order valence-electron chi connectivity index (χ4n) is 0.567. The standard InChI is InChI=1S/C6H5.Al.BrH.H/c1-2-4-6-5-3-1;;;/h1-5H;;1H;/q;+1;;/p-1. The van der Waals surface area contributed by atoms with E-state index in [9.17, 15) is 0 Å². The zero-order chi connectivity index (χ0) is 5.82. The fourth-order valence-corrected chi connectivity index (χ4v) is 2.14. The van der Waals surface area contributed by atoms with E-state index >= 15 is 0 Å². The second kappa shape index (κ2) is 3.30. The molecule has 0 nitrogen and oxygen atoms in total. The van der Waals surface area contributed by atoms with Gasteiger partial charge < -0.3 is 0 Å². The van der Waals surface area contributed by atoms with Gasteiger partial charge in [-0.05, 0) is 0 Å². The molecule has 0 amide bonds. The monoisotopic (exact) mass is 184 g/mol. The molecule has 0 heterocycles. The highest BCUT2D eigenvalue weighted by molar-refractivity contribution is 9.23. The van der Waals surface area contributed by atoms with Crippen LogP contribution in [0.15, 0.2) is 30.3 Å². The summed E-state index contributed by atoms with van der Waals surface area (Å²) in [5.74, 6) is 0. The van der Waals surface area contributed by atoms with Gasteiger partial charge in [0, 0.05) is 0 Å². The van der Waals surface area contributed by atoms with Crippen LogP contribution in [-0.4, -0.2) is 13.4 Å². The van der Waals surface area contributed by atoms with Crippen molar-refractivity contribution < 1.29 is 0 Å². The highest BCUT2D eigenvalue weighted by Crippen LogP contribution is 1.82. The molecule has 0 aliphatic rings. The zero-order valence-electron chi connectivity index (χ0n) is 4.47. The second-order valence-corrected chi connectivity index (χ2v) is 4.39. The highest BCUT2D eigenvalue weighted by Gasteiger charge is 1.86. The molecule has 0 saturated carbocycles. The Kier molecular flexibility index (Phi) is 2.62. The van der Waals surface area contributed by atoms with Crippen LogP contribution in [0, 0.1) is 0 Å². The van der Waals surface area contributed by atoms with E-state index in [-0.39, 0.29) is 13.4 Å². The Morgan fingerprint density at radius 3 is 2.12 bits per heavy atom. The molecule has 8 heavy (non-hydrogen) atoms. The molecule has 2 heteroatoms.